The molecule has 14 heavy (non-hydrogen) atoms. The molecule has 0 amide bonds. The molecule has 0 spiro atoms. The van der Waals surface area contributed by atoms with E-state index in [0.29, 0.717) is 11.8 Å². The van der Waals surface area contributed by atoms with Gasteiger partial charge in [-0.2, -0.15) is 0 Å². The predicted octanol–water partition coefficient (Wildman–Crippen LogP) is 1.54. The third-order valence-electron chi connectivity index (χ3n) is 3.25. The lowest BCUT2D eigenvalue weighted by Gasteiger charge is -2.12. The van der Waals surface area contributed by atoms with E-state index >= 15 is 0 Å². The van der Waals surface area contributed by atoms with E-state index in [1.165, 1.54) is 12.6 Å². The number of aromatic nitrogens is 2. The van der Waals surface area contributed by atoms with Gasteiger partial charge >= 0.3 is 5.97 Å². The number of nitrogens with zero attached hydrogens (tertiary/aromatic N) is 2. The molecule has 2 bridgehead atoms. The maximum Gasteiger partial charge on any atom is 0.356 e. The SMILES string of the molecule is O=C(O)c1cnc2c(n1)[C@H]1CC[C@@H]2C1. The number of carboxylic acids is 1. The van der Waals surface area contributed by atoms with Gasteiger partial charge in [-0.3, -0.25) is 4.98 Å². The quantitative estimate of drug-likeness (QED) is 0.729. The van der Waals surface area contributed by atoms with Crippen LogP contribution in [0.1, 0.15) is 53.0 Å². The molecule has 1 heterocycles. The Morgan fingerprint density at radius 3 is 2.79 bits per heavy atom. The molecule has 3 rings (SSSR count). The lowest BCUT2D eigenvalue weighted by molar-refractivity contribution is 0.0689. The minimum Gasteiger partial charge on any atom is -0.476 e. The first kappa shape index (κ1) is 7.91. The molecule has 1 fully saturated rings. The van der Waals surface area contributed by atoms with Gasteiger partial charge < -0.3 is 5.11 Å². The van der Waals surface area contributed by atoms with Crippen LogP contribution in [0.15, 0.2) is 6.20 Å². The monoisotopic (exact) mass is 190 g/mol. The van der Waals surface area contributed by atoms with Crippen LogP contribution in [0.3, 0.4) is 0 Å². The summed E-state index contributed by atoms with van der Waals surface area (Å²) in [7, 11) is 0. The summed E-state index contributed by atoms with van der Waals surface area (Å²) < 4.78 is 0. The van der Waals surface area contributed by atoms with Crippen molar-refractivity contribution < 1.29 is 9.90 Å². The smallest absolute Gasteiger partial charge is 0.356 e. The summed E-state index contributed by atoms with van der Waals surface area (Å²) in [5.74, 6) is 0.0372. The standard InChI is InChI=1S/C10H10N2O2/c13-10(14)7-4-11-8-5-1-2-6(3-5)9(8)12-7/h4-6H,1-3H2,(H,13,14)/t5-,6+/m1/s1. The van der Waals surface area contributed by atoms with Gasteiger partial charge in [-0.1, -0.05) is 0 Å². The fraction of sp³-hybridized carbons (Fsp3) is 0.500. The third-order valence-corrected chi connectivity index (χ3v) is 3.25. The number of fused-ring (bicyclic) bond motifs is 5. The van der Waals surface area contributed by atoms with Crippen molar-refractivity contribution in [1.29, 1.82) is 0 Å². The van der Waals surface area contributed by atoms with Crippen molar-refractivity contribution in [3.05, 3.63) is 23.3 Å². The van der Waals surface area contributed by atoms with Crippen LogP contribution < -0.4 is 0 Å². The second-order valence-corrected chi connectivity index (χ2v) is 4.04. The maximum atomic E-state index is 10.7. The van der Waals surface area contributed by atoms with Crippen LogP contribution in [0.2, 0.25) is 0 Å². The number of carbonyl (C=O) groups is 1. The highest BCUT2D eigenvalue weighted by atomic mass is 16.4. The molecule has 0 aromatic carbocycles. The van der Waals surface area contributed by atoms with E-state index in [1.54, 1.807) is 0 Å². The average molecular weight is 190 g/mol. The fourth-order valence-corrected chi connectivity index (χ4v) is 2.61. The first-order valence-electron chi connectivity index (χ1n) is 4.86. The van der Waals surface area contributed by atoms with E-state index in [2.05, 4.69) is 9.97 Å². The molecule has 2 aliphatic carbocycles. The van der Waals surface area contributed by atoms with Crippen molar-refractivity contribution >= 4 is 5.97 Å². The summed E-state index contributed by atoms with van der Waals surface area (Å²) in [6, 6.07) is 0. The zero-order valence-corrected chi connectivity index (χ0v) is 7.60. The van der Waals surface area contributed by atoms with Crippen LogP contribution in [0.5, 0.6) is 0 Å². The minimum atomic E-state index is -0.983. The average Bonchev–Trinajstić information content (AvgIpc) is 2.77. The summed E-state index contributed by atoms with van der Waals surface area (Å²) in [6.07, 6.45) is 4.84. The number of carboxylic acid groups (broad SMARTS) is 1. The molecular formula is C10H10N2O2. The first-order valence-corrected chi connectivity index (χ1v) is 4.86. The fourth-order valence-electron chi connectivity index (χ4n) is 2.61. The van der Waals surface area contributed by atoms with Crippen molar-refractivity contribution in [3.63, 3.8) is 0 Å². The Morgan fingerprint density at radius 1 is 1.36 bits per heavy atom. The molecule has 2 atom stereocenters. The zero-order valence-electron chi connectivity index (χ0n) is 7.60. The van der Waals surface area contributed by atoms with Crippen molar-refractivity contribution in [2.24, 2.45) is 0 Å². The van der Waals surface area contributed by atoms with Gasteiger partial charge in [0, 0.05) is 11.8 Å². The lowest BCUT2D eigenvalue weighted by atomic mass is 10.0. The van der Waals surface area contributed by atoms with Gasteiger partial charge in [-0.15, -0.1) is 0 Å². The highest BCUT2D eigenvalue weighted by molar-refractivity contribution is 5.85. The van der Waals surface area contributed by atoms with E-state index in [9.17, 15) is 4.79 Å². The normalized spacial score (nSPS) is 27.7. The van der Waals surface area contributed by atoms with Crippen LogP contribution >= 0.6 is 0 Å². The van der Waals surface area contributed by atoms with Crippen molar-refractivity contribution in [3.8, 4) is 0 Å². The largest absolute Gasteiger partial charge is 0.476 e. The summed E-state index contributed by atoms with van der Waals surface area (Å²) >= 11 is 0. The number of rotatable bonds is 1. The molecule has 1 N–H and O–H groups in total. The number of hydrogen-bond donors (Lipinski definition) is 1. The Kier molecular flexibility index (Phi) is 1.43. The second kappa shape index (κ2) is 2.53. The van der Waals surface area contributed by atoms with Gasteiger partial charge in [-0.05, 0) is 19.3 Å². The number of hydrogen-bond acceptors (Lipinski definition) is 3. The molecule has 0 aliphatic heterocycles. The molecule has 4 heteroatoms. The molecule has 1 aromatic rings. The van der Waals surface area contributed by atoms with Gasteiger partial charge in [0.15, 0.2) is 5.69 Å². The third kappa shape index (κ3) is 0.908. The maximum absolute atomic E-state index is 10.7. The van der Waals surface area contributed by atoms with Crippen LogP contribution in [0.25, 0.3) is 0 Å². The second-order valence-electron chi connectivity index (χ2n) is 4.04. The van der Waals surface area contributed by atoms with E-state index < -0.39 is 5.97 Å². The summed E-state index contributed by atoms with van der Waals surface area (Å²) in [5, 5.41) is 8.78. The lowest BCUT2D eigenvalue weighted by Crippen LogP contribution is -2.09. The van der Waals surface area contributed by atoms with Gasteiger partial charge in [0.1, 0.15) is 0 Å². The molecular weight excluding hydrogens is 180 g/mol. The van der Waals surface area contributed by atoms with Crippen LogP contribution in [-0.4, -0.2) is 21.0 Å². The van der Waals surface area contributed by atoms with Crippen LogP contribution in [-0.2, 0) is 0 Å². The molecule has 0 saturated heterocycles. The molecule has 0 radical (unpaired) electrons. The Morgan fingerprint density at radius 2 is 2.07 bits per heavy atom. The Labute approximate surface area is 81.0 Å². The van der Waals surface area contributed by atoms with Gasteiger partial charge in [0.2, 0.25) is 0 Å². The number of aromatic carboxylic acids is 1. The van der Waals surface area contributed by atoms with Gasteiger partial charge in [-0.25, -0.2) is 9.78 Å². The Hall–Kier alpha value is -1.45. The van der Waals surface area contributed by atoms with Crippen LogP contribution in [0, 0.1) is 0 Å². The van der Waals surface area contributed by atoms with E-state index in [-0.39, 0.29) is 5.69 Å². The van der Waals surface area contributed by atoms with Gasteiger partial charge in [0.05, 0.1) is 17.6 Å². The van der Waals surface area contributed by atoms with Crippen molar-refractivity contribution in [1.82, 2.24) is 9.97 Å². The molecule has 2 aliphatic rings. The Balaban J connectivity index is 2.12. The molecule has 4 nitrogen and oxygen atoms in total. The summed E-state index contributed by atoms with van der Waals surface area (Å²) in [5.41, 5.74) is 2.07. The first-order chi connectivity index (χ1) is 6.75. The predicted molar refractivity (Wildman–Crippen MR) is 48.3 cm³/mol. The van der Waals surface area contributed by atoms with E-state index in [0.717, 1.165) is 24.2 Å². The highest BCUT2D eigenvalue weighted by Gasteiger charge is 2.39. The van der Waals surface area contributed by atoms with Gasteiger partial charge in [0.25, 0.3) is 0 Å². The molecule has 72 valence electrons. The molecule has 1 aromatic heterocycles. The molecule has 0 unspecified atom stereocenters. The minimum absolute atomic E-state index is 0.0799. The zero-order chi connectivity index (χ0) is 9.71. The van der Waals surface area contributed by atoms with Crippen molar-refractivity contribution in [2.75, 3.05) is 0 Å². The molecule has 1 saturated carbocycles. The van der Waals surface area contributed by atoms with E-state index in [1.807, 2.05) is 0 Å². The van der Waals surface area contributed by atoms with Crippen LogP contribution in [0.4, 0.5) is 0 Å². The van der Waals surface area contributed by atoms with Crippen molar-refractivity contribution in [2.45, 2.75) is 31.1 Å². The summed E-state index contributed by atoms with van der Waals surface area (Å²) in [4.78, 5) is 19.1. The van der Waals surface area contributed by atoms with E-state index in [4.69, 9.17) is 5.11 Å². The Bertz CT molecular complexity index is 417. The highest BCUT2D eigenvalue weighted by Crippen LogP contribution is 2.51. The summed E-state index contributed by atoms with van der Waals surface area (Å²) in [6.45, 7) is 0. The topological polar surface area (TPSA) is 63.1 Å².